The van der Waals surface area contributed by atoms with Crippen LogP contribution in [0, 0.1) is 0 Å². The Hall–Kier alpha value is -3.04. The van der Waals surface area contributed by atoms with Gasteiger partial charge in [-0.3, -0.25) is 0 Å². The van der Waals surface area contributed by atoms with Gasteiger partial charge in [-0.1, -0.05) is 12.1 Å². The highest BCUT2D eigenvalue weighted by Crippen LogP contribution is 2.34. The van der Waals surface area contributed by atoms with Crippen LogP contribution in [0.25, 0.3) is 17.0 Å². The summed E-state index contributed by atoms with van der Waals surface area (Å²) >= 11 is 0. The fraction of sp³-hybridized carbons (Fsp3) is 0.312. The molecule has 0 aliphatic carbocycles. The number of hydrogen-bond acceptors (Lipinski definition) is 6. The van der Waals surface area contributed by atoms with Gasteiger partial charge in [0.15, 0.2) is 17.4 Å². The third-order valence-corrected chi connectivity index (χ3v) is 4.03. The first kappa shape index (κ1) is 16.4. The standard InChI is InChI=1S/C16H14F3N5O2/c17-16(18,19)26-10-5-3-4-9(8-10)14-21-22-15-12-11(6-1-2-7-25-12)13(20)23-24(14)15/h3-5,8H,1-2,6-7H2,(H2,20,23). The molecule has 0 bridgehead atoms. The van der Waals surface area contributed by atoms with Crippen LogP contribution in [0.3, 0.4) is 0 Å². The molecule has 10 heteroatoms. The average molecular weight is 365 g/mol. The Kier molecular flexibility index (Phi) is 3.82. The monoisotopic (exact) mass is 365 g/mol. The summed E-state index contributed by atoms with van der Waals surface area (Å²) < 4.78 is 48.4. The lowest BCUT2D eigenvalue weighted by Gasteiger charge is -2.11. The minimum Gasteiger partial charge on any atom is -0.489 e. The van der Waals surface area contributed by atoms with Gasteiger partial charge in [0.1, 0.15) is 5.75 Å². The molecule has 0 spiro atoms. The van der Waals surface area contributed by atoms with Gasteiger partial charge in [-0.05, 0) is 31.4 Å². The van der Waals surface area contributed by atoms with Crippen molar-refractivity contribution in [2.45, 2.75) is 25.6 Å². The van der Waals surface area contributed by atoms with E-state index in [1.807, 2.05) is 0 Å². The normalized spacial score (nSPS) is 14.6. The van der Waals surface area contributed by atoms with Crippen LogP contribution in [0.2, 0.25) is 0 Å². The maximum atomic E-state index is 12.4. The molecular formula is C16H14F3N5O2. The number of anilines is 1. The molecule has 0 radical (unpaired) electrons. The molecule has 2 aromatic heterocycles. The quantitative estimate of drug-likeness (QED) is 0.751. The number of halogens is 3. The van der Waals surface area contributed by atoms with Crippen molar-refractivity contribution in [3.8, 4) is 22.9 Å². The van der Waals surface area contributed by atoms with Crippen molar-refractivity contribution in [2.75, 3.05) is 12.3 Å². The van der Waals surface area contributed by atoms with Crippen molar-refractivity contribution in [2.24, 2.45) is 0 Å². The second kappa shape index (κ2) is 6.04. The third kappa shape index (κ3) is 2.98. The van der Waals surface area contributed by atoms with Gasteiger partial charge in [0.05, 0.1) is 6.61 Å². The van der Waals surface area contributed by atoms with Crippen molar-refractivity contribution in [3.63, 3.8) is 0 Å². The molecule has 3 aromatic rings. The first-order valence-electron chi connectivity index (χ1n) is 7.95. The number of benzene rings is 1. The number of nitrogens with two attached hydrogens (primary N) is 1. The maximum Gasteiger partial charge on any atom is 0.573 e. The maximum absolute atomic E-state index is 12.4. The van der Waals surface area contributed by atoms with E-state index in [9.17, 15) is 13.2 Å². The Balaban J connectivity index is 1.82. The summed E-state index contributed by atoms with van der Waals surface area (Å²) in [7, 11) is 0. The van der Waals surface area contributed by atoms with Crippen LogP contribution in [0.4, 0.5) is 19.0 Å². The summed E-state index contributed by atoms with van der Waals surface area (Å²) in [6.07, 6.45) is -2.24. The number of fused-ring (bicyclic) bond motifs is 3. The van der Waals surface area contributed by atoms with Crippen molar-refractivity contribution in [3.05, 3.63) is 29.8 Å². The molecular weight excluding hydrogens is 351 g/mol. The molecule has 7 nitrogen and oxygen atoms in total. The third-order valence-electron chi connectivity index (χ3n) is 4.03. The molecule has 0 saturated carbocycles. The van der Waals surface area contributed by atoms with Gasteiger partial charge in [-0.2, -0.15) is 4.52 Å². The lowest BCUT2D eigenvalue weighted by molar-refractivity contribution is -0.274. The number of nitrogens with zero attached hydrogens (tertiary/aromatic N) is 4. The summed E-state index contributed by atoms with van der Waals surface area (Å²) in [6.45, 7) is 0.531. The average Bonchev–Trinajstić information content (AvgIpc) is 2.82. The number of nitrogen functional groups attached to an aromatic ring is 1. The van der Waals surface area contributed by atoms with E-state index < -0.39 is 6.36 Å². The number of hydrogen-bond donors (Lipinski definition) is 1. The van der Waals surface area contributed by atoms with E-state index in [2.05, 4.69) is 20.0 Å². The highest BCUT2D eigenvalue weighted by molar-refractivity contribution is 5.68. The molecule has 3 heterocycles. The van der Waals surface area contributed by atoms with Gasteiger partial charge in [0.25, 0.3) is 0 Å². The van der Waals surface area contributed by atoms with Crippen LogP contribution >= 0.6 is 0 Å². The van der Waals surface area contributed by atoms with E-state index in [1.165, 1.54) is 22.7 Å². The molecule has 4 rings (SSSR count). The van der Waals surface area contributed by atoms with Gasteiger partial charge in [0.2, 0.25) is 5.65 Å². The van der Waals surface area contributed by atoms with Crippen molar-refractivity contribution in [1.29, 1.82) is 0 Å². The SMILES string of the molecule is Nc1nn2c(-c3cccc(OC(F)(F)F)c3)nnc2c2c1CCCCO2. The van der Waals surface area contributed by atoms with Gasteiger partial charge < -0.3 is 15.2 Å². The highest BCUT2D eigenvalue weighted by Gasteiger charge is 2.31. The second-order valence-electron chi connectivity index (χ2n) is 5.83. The van der Waals surface area contributed by atoms with Crippen LogP contribution in [-0.2, 0) is 6.42 Å². The van der Waals surface area contributed by atoms with Crippen molar-refractivity contribution in [1.82, 2.24) is 19.8 Å². The summed E-state index contributed by atoms with van der Waals surface area (Å²) in [5.41, 5.74) is 7.58. The Morgan fingerprint density at radius 2 is 2.04 bits per heavy atom. The Bertz CT molecular complexity index is 970. The largest absolute Gasteiger partial charge is 0.573 e. The Labute approximate surface area is 145 Å². The second-order valence-corrected chi connectivity index (χ2v) is 5.83. The van der Waals surface area contributed by atoms with Crippen molar-refractivity contribution < 1.29 is 22.6 Å². The van der Waals surface area contributed by atoms with E-state index in [1.54, 1.807) is 6.07 Å². The number of alkyl halides is 3. The smallest absolute Gasteiger partial charge is 0.489 e. The number of ether oxygens (including phenoxy) is 2. The molecule has 0 atom stereocenters. The summed E-state index contributed by atoms with van der Waals surface area (Å²) in [4.78, 5) is 0. The summed E-state index contributed by atoms with van der Waals surface area (Å²) in [5.74, 6) is 0.704. The lowest BCUT2D eigenvalue weighted by atomic mass is 10.1. The topological polar surface area (TPSA) is 87.6 Å². The molecule has 2 N–H and O–H groups in total. The van der Waals surface area contributed by atoms with E-state index in [0.717, 1.165) is 24.8 Å². The van der Waals surface area contributed by atoms with E-state index in [0.29, 0.717) is 23.6 Å². The number of aromatic nitrogens is 4. The van der Waals surface area contributed by atoms with E-state index in [4.69, 9.17) is 10.5 Å². The van der Waals surface area contributed by atoms with Crippen LogP contribution in [0.5, 0.6) is 11.5 Å². The van der Waals surface area contributed by atoms with Crippen LogP contribution < -0.4 is 15.2 Å². The molecule has 26 heavy (non-hydrogen) atoms. The fourth-order valence-electron chi connectivity index (χ4n) is 2.92. The number of rotatable bonds is 2. The predicted octanol–water partition coefficient (Wildman–Crippen LogP) is 2.99. The lowest BCUT2D eigenvalue weighted by Crippen LogP contribution is -2.17. The molecule has 136 valence electrons. The zero-order chi connectivity index (χ0) is 18.3. The first-order chi connectivity index (χ1) is 12.4. The van der Waals surface area contributed by atoms with Crippen LogP contribution in [-0.4, -0.2) is 32.8 Å². The first-order valence-corrected chi connectivity index (χ1v) is 7.95. The zero-order valence-corrected chi connectivity index (χ0v) is 13.5. The van der Waals surface area contributed by atoms with Crippen LogP contribution in [0.15, 0.2) is 24.3 Å². The summed E-state index contributed by atoms with van der Waals surface area (Å²) in [6, 6.07) is 5.44. The molecule has 1 aliphatic rings. The molecule has 0 fully saturated rings. The molecule has 0 unspecified atom stereocenters. The minimum absolute atomic E-state index is 0.245. The molecule has 0 amide bonds. The van der Waals surface area contributed by atoms with E-state index >= 15 is 0 Å². The molecule has 1 aliphatic heterocycles. The van der Waals surface area contributed by atoms with E-state index in [-0.39, 0.29) is 17.4 Å². The molecule has 1 aromatic carbocycles. The zero-order valence-electron chi connectivity index (χ0n) is 13.5. The van der Waals surface area contributed by atoms with Gasteiger partial charge in [-0.25, -0.2) is 0 Å². The Morgan fingerprint density at radius 3 is 2.85 bits per heavy atom. The fourth-order valence-corrected chi connectivity index (χ4v) is 2.92. The van der Waals surface area contributed by atoms with Gasteiger partial charge in [0, 0.05) is 11.1 Å². The van der Waals surface area contributed by atoms with Gasteiger partial charge in [-0.15, -0.1) is 28.5 Å². The predicted molar refractivity (Wildman–Crippen MR) is 85.7 cm³/mol. The summed E-state index contributed by atoms with van der Waals surface area (Å²) in [5, 5.41) is 12.5. The Morgan fingerprint density at radius 1 is 1.19 bits per heavy atom. The van der Waals surface area contributed by atoms with Crippen LogP contribution in [0.1, 0.15) is 18.4 Å². The minimum atomic E-state index is -4.78. The van der Waals surface area contributed by atoms with Gasteiger partial charge >= 0.3 is 6.36 Å². The van der Waals surface area contributed by atoms with Crippen molar-refractivity contribution >= 4 is 11.5 Å². The molecule has 0 saturated heterocycles. The highest BCUT2D eigenvalue weighted by atomic mass is 19.4.